The highest BCUT2D eigenvalue weighted by molar-refractivity contribution is 5.66. The van der Waals surface area contributed by atoms with Crippen LogP contribution in [-0.2, 0) is 22.7 Å². The molecular formula is C9H16N4O3. The largest absolute Gasteiger partial charge is 0.481 e. The zero-order valence-electron chi connectivity index (χ0n) is 9.30. The summed E-state index contributed by atoms with van der Waals surface area (Å²) in [5, 5.41) is 19.7. The molecule has 0 saturated heterocycles. The molecule has 16 heavy (non-hydrogen) atoms. The van der Waals surface area contributed by atoms with E-state index >= 15 is 0 Å². The molecule has 1 aromatic heterocycles. The van der Waals surface area contributed by atoms with Gasteiger partial charge in [-0.2, -0.15) is 0 Å². The van der Waals surface area contributed by atoms with Gasteiger partial charge in [-0.05, 0) is 23.3 Å². The monoisotopic (exact) mass is 228 g/mol. The van der Waals surface area contributed by atoms with Crippen molar-refractivity contribution in [2.24, 2.45) is 0 Å². The van der Waals surface area contributed by atoms with Gasteiger partial charge in [-0.3, -0.25) is 4.79 Å². The fourth-order valence-corrected chi connectivity index (χ4v) is 1.34. The van der Waals surface area contributed by atoms with Crippen LogP contribution in [0.4, 0.5) is 0 Å². The van der Waals surface area contributed by atoms with Gasteiger partial charge in [0.25, 0.3) is 0 Å². The first-order chi connectivity index (χ1) is 7.74. The van der Waals surface area contributed by atoms with Crippen LogP contribution in [0.5, 0.6) is 0 Å². The van der Waals surface area contributed by atoms with Crippen LogP contribution in [0.25, 0.3) is 0 Å². The molecule has 0 spiro atoms. The van der Waals surface area contributed by atoms with Gasteiger partial charge < -0.3 is 9.84 Å². The van der Waals surface area contributed by atoms with Crippen LogP contribution in [0.2, 0.25) is 0 Å². The van der Waals surface area contributed by atoms with Gasteiger partial charge in [-0.1, -0.05) is 6.42 Å². The highest BCUT2D eigenvalue weighted by atomic mass is 16.5. The van der Waals surface area contributed by atoms with Crippen LogP contribution in [0.3, 0.4) is 0 Å². The highest BCUT2D eigenvalue weighted by Gasteiger charge is 2.04. The first-order valence-corrected chi connectivity index (χ1v) is 5.20. The Hall–Kier alpha value is -1.50. The topological polar surface area (TPSA) is 90.1 Å². The molecular weight excluding hydrogens is 212 g/mol. The van der Waals surface area contributed by atoms with Crippen molar-refractivity contribution in [3.63, 3.8) is 0 Å². The zero-order chi connectivity index (χ0) is 11.8. The number of aromatic nitrogens is 4. The Labute approximate surface area is 93.4 Å². The Morgan fingerprint density at radius 3 is 2.94 bits per heavy atom. The van der Waals surface area contributed by atoms with E-state index in [9.17, 15) is 4.79 Å². The maximum Gasteiger partial charge on any atom is 0.303 e. The Morgan fingerprint density at radius 2 is 2.25 bits per heavy atom. The summed E-state index contributed by atoms with van der Waals surface area (Å²) < 4.78 is 6.63. The second-order valence-electron chi connectivity index (χ2n) is 3.46. The van der Waals surface area contributed by atoms with Gasteiger partial charge in [0.1, 0.15) is 6.61 Å². The molecule has 0 unspecified atom stereocenters. The lowest BCUT2D eigenvalue weighted by Crippen LogP contribution is -2.07. The van der Waals surface area contributed by atoms with E-state index in [0.717, 1.165) is 12.8 Å². The van der Waals surface area contributed by atoms with Crippen molar-refractivity contribution in [3.05, 3.63) is 5.82 Å². The number of carboxylic acids is 1. The third kappa shape index (κ3) is 4.35. The number of carbonyl (C=O) groups is 1. The summed E-state index contributed by atoms with van der Waals surface area (Å²) in [6.07, 6.45) is 2.64. The molecule has 1 heterocycles. The molecule has 0 aromatic carbocycles. The standard InChI is InChI=1S/C9H16N4O3/c1-16-7-8-10-11-12-13(8)6-4-2-3-5-9(14)15/h2-7H2,1H3,(H,14,15). The van der Waals surface area contributed by atoms with Crippen LogP contribution in [0.15, 0.2) is 0 Å². The molecule has 0 amide bonds. The highest BCUT2D eigenvalue weighted by Crippen LogP contribution is 2.03. The summed E-state index contributed by atoms with van der Waals surface area (Å²) >= 11 is 0. The molecule has 0 bridgehead atoms. The number of hydrogen-bond acceptors (Lipinski definition) is 5. The molecule has 0 atom stereocenters. The van der Waals surface area contributed by atoms with E-state index in [2.05, 4.69) is 15.5 Å². The molecule has 0 radical (unpaired) electrons. The fourth-order valence-electron chi connectivity index (χ4n) is 1.34. The van der Waals surface area contributed by atoms with Crippen molar-refractivity contribution in [2.75, 3.05) is 7.11 Å². The number of hydrogen-bond donors (Lipinski definition) is 1. The molecule has 0 fully saturated rings. The number of ether oxygens (including phenoxy) is 1. The van der Waals surface area contributed by atoms with Crippen LogP contribution in [0.1, 0.15) is 31.5 Å². The molecule has 90 valence electrons. The summed E-state index contributed by atoms with van der Waals surface area (Å²) in [5.74, 6) is -0.0526. The number of carboxylic acid groups (broad SMARTS) is 1. The van der Waals surface area contributed by atoms with Gasteiger partial charge in [-0.25, -0.2) is 4.68 Å². The van der Waals surface area contributed by atoms with Crippen molar-refractivity contribution in [1.82, 2.24) is 20.2 Å². The summed E-state index contributed by atoms with van der Waals surface area (Å²) in [6.45, 7) is 1.09. The Bertz CT molecular complexity index is 326. The van der Waals surface area contributed by atoms with Gasteiger partial charge in [-0.15, -0.1) is 5.10 Å². The third-order valence-electron chi connectivity index (χ3n) is 2.14. The van der Waals surface area contributed by atoms with Crippen molar-refractivity contribution in [1.29, 1.82) is 0 Å². The number of rotatable bonds is 8. The van der Waals surface area contributed by atoms with E-state index in [1.807, 2.05) is 0 Å². The van der Waals surface area contributed by atoms with Gasteiger partial charge in [0, 0.05) is 20.1 Å². The molecule has 1 N–H and O–H groups in total. The SMILES string of the molecule is COCc1nnnn1CCCCCC(=O)O. The van der Waals surface area contributed by atoms with Crippen molar-refractivity contribution in [3.8, 4) is 0 Å². The molecule has 0 aliphatic heterocycles. The predicted molar refractivity (Wildman–Crippen MR) is 54.6 cm³/mol. The van der Waals surface area contributed by atoms with Crippen molar-refractivity contribution in [2.45, 2.75) is 38.8 Å². The van der Waals surface area contributed by atoms with Crippen molar-refractivity contribution >= 4 is 5.97 Å². The molecule has 7 heteroatoms. The molecule has 0 saturated carbocycles. The van der Waals surface area contributed by atoms with Gasteiger partial charge in [0.05, 0.1) is 0 Å². The Balaban J connectivity index is 2.21. The van der Waals surface area contributed by atoms with Gasteiger partial charge in [0.15, 0.2) is 5.82 Å². The average molecular weight is 228 g/mol. The normalized spacial score (nSPS) is 10.6. The van der Waals surface area contributed by atoms with E-state index in [-0.39, 0.29) is 6.42 Å². The molecule has 0 aliphatic carbocycles. The number of unbranched alkanes of at least 4 members (excludes halogenated alkanes) is 2. The van der Waals surface area contributed by atoms with Crippen LogP contribution < -0.4 is 0 Å². The van der Waals surface area contributed by atoms with E-state index < -0.39 is 5.97 Å². The van der Waals surface area contributed by atoms with Gasteiger partial charge >= 0.3 is 5.97 Å². The number of aryl methyl sites for hydroxylation is 1. The Kier molecular flexibility index (Phi) is 5.41. The minimum absolute atomic E-state index is 0.223. The average Bonchev–Trinajstić information content (AvgIpc) is 2.65. The van der Waals surface area contributed by atoms with Crippen LogP contribution >= 0.6 is 0 Å². The van der Waals surface area contributed by atoms with Gasteiger partial charge in [0.2, 0.25) is 0 Å². The molecule has 7 nitrogen and oxygen atoms in total. The Morgan fingerprint density at radius 1 is 1.44 bits per heavy atom. The third-order valence-corrected chi connectivity index (χ3v) is 2.14. The van der Waals surface area contributed by atoms with E-state index in [4.69, 9.17) is 9.84 Å². The summed E-state index contributed by atoms with van der Waals surface area (Å²) in [6, 6.07) is 0. The lowest BCUT2D eigenvalue weighted by atomic mass is 10.2. The second-order valence-corrected chi connectivity index (χ2v) is 3.46. The molecule has 1 rings (SSSR count). The zero-order valence-corrected chi connectivity index (χ0v) is 9.30. The maximum atomic E-state index is 10.3. The lowest BCUT2D eigenvalue weighted by molar-refractivity contribution is -0.137. The van der Waals surface area contributed by atoms with Crippen molar-refractivity contribution < 1.29 is 14.6 Å². The first-order valence-electron chi connectivity index (χ1n) is 5.20. The first kappa shape index (κ1) is 12.6. The summed E-state index contributed by atoms with van der Waals surface area (Å²) in [5.41, 5.74) is 0. The van der Waals surface area contributed by atoms with E-state index in [1.165, 1.54) is 0 Å². The number of aliphatic carboxylic acids is 1. The summed E-state index contributed by atoms with van der Waals surface area (Å²) in [7, 11) is 1.59. The van der Waals surface area contributed by atoms with E-state index in [0.29, 0.717) is 25.4 Å². The second kappa shape index (κ2) is 6.89. The minimum Gasteiger partial charge on any atom is -0.481 e. The summed E-state index contributed by atoms with van der Waals surface area (Å²) in [4.78, 5) is 10.3. The maximum absolute atomic E-state index is 10.3. The molecule has 1 aromatic rings. The van der Waals surface area contributed by atoms with Crippen LogP contribution in [0, 0.1) is 0 Å². The fraction of sp³-hybridized carbons (Fsp3) is 0.778. The van der Waals surface area contributed by atoms with Crippen LogP contribution in [-0.4, -0.2) is 38.4 Å². The molecule has 0 aliphatic rings. The lowest BCUT2D eigenvalue weighted by Gasteiger charge is -2.03. The minimum atomic E-state index is -0.748. The quantitative estimate of drug-likeness (QED) is 0.650. The predicted octanol–water partition coefficient (Wildman–Crippen LogP) is 0.464. The smallest absolute Gasteiger partial charge is 0.303 e. The number of nitrogens with zero attached hydrogens (tertiary/aromatic N) is 4. The number of tetrazole rings is 1. The number of methoxy groups -OCH3 is 1. The van der Waals surface area contributed by atoms with E-state index in [1.54, 1.807) is 11.8 Å².